The van der Waals surface area contributed by atoms with Gasteiger partial charge in [0.2, 0.25) is 0 Å². The summed E-state index contributed by atoms with van der Waals surface area (Å²) < 4.78 is 10.8. The number of benzene rings is 1. The molecule has 0 saturated carbocycles. The van der Waals surface area contributed by atoms with Gasteiger partial charge >= 0.3 is 0 Å². The highest BCUT2D eigenvalue weighted by Crippen LogP contribution is 2.19. The van der Waals surface area contributed by atoms with Gasteiger partial charge in [0.05, 0.1) is 12.3 Å². The van der Waals surface area contributed by atoms with Crippen molar-refractivity contribution >= 4 is 5.69 Å². The van der Waals surface area contributed by atoms with Crippen LogP contribution in [0.5, 0.6) is 5.75 Å². The summed E-state index contributed by atoms with van der Waals surface area (Å²) in [5, 5.41) is 9.88. The summed E-state index contributed by atoms with van der Waals surface area (Å²) in [6.45, 7) is 4.91. The minimum atomic E-state index is -0.550. The van der Waals surface area contributed by atoms with Crippen molar-refractivity contribution in [3.8, 4) is 5.75 Å². The number of rotatable bonds is 9. The Morgan fingerprint density at radius 1 is 1.37 bits per heavy atom. The maximum absolute atomic E-state index is 9.88. The molecule has 19 heavy (non-hydrogen) atoms. The molecule has 5 heteroatoms. The lowest BCUT2D eigenvalue weighted by Crippen LogP contribution is -2.35. The number of likely N-dealkylation sites (N-methyl/N-ethyl adjacent to an activating group) is 1. The van der Waals surface area contributed by atoms with Gasteiger partial charge in [0.1, 0.15) is 18.5 Å². The second kappa shape index (κ2) is 8.74. The van der Waals surface area contributed by atoms with Crippen LogP contribution in [0.2, 0.25) is 0 Å². The largest absolute Gasteiger partial charge is 0.489 e. The summed E-state index contributed by atoms with van der Waals surface area (Å²) in [7, 11) is 1.94. The van der Waals surface area contributed by atoms with E-state index in [4.69, 9.17) is 15.2 Å². The lowest BCUT2D eigenvalue weighted by atomic mass is 10.3. The Morgan fingerprint density at radius 2 is 2.11 bits per heavy atom. The fourth-order valence-corrected chi connectivity index (χ4v) is 1.67. The van der Waals surface area contributed by atoms with Crippen LogP contribution in [0.4, 0.5) is 5.69 Å². The van der Waals surface area contributed by atoms with Crippen LogP contribution in [0, 0.1) is 0 Å². The number of anilines is 1. The van der Waals surface area contributed by atoms with Crippen LogP contribution in [-0.2, 0) is 4.74 Å². The first-order valence-electron chi connectivity index (χ1n) is 6.55. The van der Waals surface area contributed by atoms with Gasteiger partial charge in [-0.3, -0.25) is 0 Å². The van der Waals surface area contributed by atoms with E-state index in [2.05, 4.69) is 0 Å². The minimum Gasteiger partial charge on any atom is -0.489 e. The summed E-state index contributed by atoms with van der Waals surface area (Å²) >= 11 is 0. The van der Waals surface area contributed by atoms with Crippen LogP contribution < -0.4 is 10.5 Å². The highest BCUT2D eigenvalue weighted by Gasteiger charge is 2.09. The van der Waals surface area contributed by atoms with Crippen molar-refractivity contribution in [3.05, 3.63) is 24.3 Å². The topological polar surface area (TPSA) is 68.0 Å². The maximum atomic E-state index is 9.88. The second-order valence-electron chi connectivity index (χ2n) is 4.46. The van der Waals surface area contributed by atoms with Gasteiger partial charge in [-0.15, -0.1) is 0 Å². The number of hydrogen-bond acceptors (Lipinski definition) is 5. The van der Waals surface area contributed by atoms with Gasteiger partial charge < -0.3 is 25.2 Å². The predicted octanol–water partition coefficient (Wildman–Crippen LogP) is 0.977. The first-order valence-corrected chi connectivity index (χ1v) is 6.55. The number of nitrogens with zero attached hydrogens (tertiary/aromatic N) is 1. The Balaban J connectivity index is 2.24. The fraction of sp³-hybridized carbons (Fsp3) is 0.571. The molecule has 1 atom stereocenters. The number of hydrogen-bond donors (Lipinski definition) is 2. The SMILES string of the molecule is CCOCCN(C)CC(O)COc1ccccc1N. The Kier molecular flexibility index (Phi) is 7.25. The maximum Gasteiger partial charge on any atom is 0.142 e. The third kappa shape index (κ3) is 6.42. The molecule has 1 unspecified atom stereocenters. The number of aliphatic hydroxyl groups is 1. The van der Waals surface area contributed by atoms with Gasteiger partial charge in [-0.1, -0.05) is 12.1 Å². The zero-order valence-corrected chi connectivity index (χ0v) is 11.7. The number of para-hydroxylation sites is 2. The molecule has 0 radical (unpaired) electrons. The van der Waals surface area contributed by atoms with Gasteiger partial charge in [0.25, 0.3) is 0 Å². The van der Waals surface area contributed by atoms with E-state index in [0.717, 1.165) is 6.54 Å². The molecule has 0 fully saturated rings. The van der Waals surface area contributed by atoms with Crippen molar-refractivity contribution in [2.24, 2.45) is 0 Å². The predicted molar refractivity (Wildman–Crippen MR) is 76.3 cm³/mol. The number of nitrogen functional groups attached to an aromatic ring is 1. The molecule has 0 bridgehead atoms. The van der Waals surface area contributed by atoms with E-state index in [9.17, 15) is 5.11 Å². The van der Waals surface area contributed by atoms with E-state index < -0.39 is 6.10 Å². The third-order valence-electron chi connectivity index (χ3n) is 2.69. The zero-order chi connectivity index (χ0) is 14.1. The van der Waals surface area contributed by atoms with Gasteiger partial charge in [-0.2, -0.15) is 0 Å². The van der Waals surface area contributed by atoms with E-state index in [1.54, 1.807) is 12.1 Å². The van der Waals surface area contributed by atoms with Crippen LogP contribution in [0.3, 0.4) is 0 Å². The average molecular weight is 268 g/mol. The molecule has 0 aromatic heterocycles. The lowest BCUT2D eigenvalue weighted by molar-refractivity contribution is 0.0615. The fourth-order valence-electron chi connectivity index (χ4n) is 1.67. The second-order valence-corrected chi connectivity index (χ2v) is 4.46. The molecule has 0 aliphatic carbocycles. The molecule has 0 heterocycles. The average Bonchev–Trinajstić information content (AvgIpc) is 2.38. The highest BCUT2D eigenvalue weighted by atomic mass is 16.5. The van der Waals surface area contributed by atoms with E-state index in [1.807, 2.05) is 31.0 Å². The first kappa shape index (κ1) is 15.8. The summed E-state index contributed by atoms with van der Waals surface area (Å²) in [5.41, 5.74) is 6.34. The van der Waals surface area contributed by atoms with Gasteiger partial charge in [-0.05, 0) is 26.1 Å². The molecular formula is C14H24N2O3. The molecule has 108 valence electrons. The van der Waals surface area contributed by atoms with Gasteiger partial charge in [-0.25, -0.2) is 0 Å². The summed E-state index contributed by atoms with van der Waals surface area (Å²) in [6, 6.07) is 7.27. The van der Waals surface area contributed by atoms with Crippen molar-refractivity contribution in [2.75, 3.05) is 45.7 Å². The molecule has 0 amide bonds. The van der Waals surface area contributed by atoms with Crippen molar-refractivity contribution in [1.29, 1.82) is 0 Å². The Bertz CT molecular complexity index is 360. The van der Waals surface area contributed by atoms with Crippen LogP contribution in [-0.4, -0.2) is 56.1 Å². The summed E-state index contributed by atoms with van der Waals surface area (Å²) in [4.78, 5) is 2.01. The smallest absolute Gasteiger partial charge is 0.142 e. The van der Waals surface area contributed by atoms with E-state index in [-0.39, 0.29) is 6.61 Å². The van der Waals surface area contributed by atoms with Crippen LogP contribution in [0.15, 0.2) is 24.3 Å². The van der Waals surface area contributed by atoms with Crippen molar-refractivity contribution < 1.29 is 14.6 Å². The molecule has 1 aromatic carbocycles. The molecule has 3 N–H and O–H groups in total. The van der Waals surface area contributed by atoms with Gasteiger partial charge in [0.15, 0.2) is 0 Å². The van der Waals surface area contributed by atoms with Crippen molar-refractivity contribution in [3.63, 3.8) is 0 Å². The van der Waals surface area contributed by atoms with Crippen LogP contribution >= 0.6 is 0 Å². The van der Waals surface area contributed by atoms with Gasteiger partial charge in [0, 0.05) is 19.7 Å². The standard InChI is InChI=1S/C14H24N2O3/c1-3-18-9-8-16(2)10-12(17)11-19-14-7-5-4-6-13(14)15/h4-7,12,17H,3,8-11,15H2,1-2H3. The molecular weight excluding hydrogens is 244 g/mol. The van der Waals surface area contributed by atoms with Crippen LogP contribution in [0.25, 0.3) is 0 Å². The zero-order valence-electron chi connectivity index (χ0n) is 11.7. The Labute approximate surface area is 114 Å². The highest BCUT2D eigenvalue weighted by molar-refractivity contribution is 5.51. The molecule has 0 saturated heterocycles. The molecule has 0 aliphatic heterocycles. The quantitative estimate of drug-likeness (QED) is 0.516. The first-order chi connectivity index (χ1) is 9.13. The Hall–Kier alpha value is -1.30. The van der Waals surface area contributed by atoms with Crippen molar-refractivity contribution in [2.45, 2.75) is 13.0 Å². The lowest BCUT2D eigenvalue weighted by Gasteiger charge is -2.20. The minimum absolute atomic E-state index is 0.229. The Morgan fingerprint density at radius 3 is 2.79 bits per heavy atom. The molecule has 5 nitrogen and oxygen atoms in total. The summed E-state index contributed by atoms with van der Waals surface area (Å²) in [6.07, 6.45) is -0.550. The molecule has 0 spiro atoms. The third-order valence-corrected chi connectivity index (χ3v) is 2.69. The number of aliphatic hydroxyl groups excluding tert-OH is 1. The van der Waals surface area contributed by atoms with E-state index in [0.29, 0.717) is 31.2 Å². The van der Waals surface area contributed by atoms with Crippen LogP contribution in [0.1, 0.15) is 6.92 Å². The van der Waals surface area contributed by atoms with E-state index >= 15 is 0 Å². The van der Waals surface area contributed by atoms with Crippen molar-refractivity contribution in [1.82, 2.24) is 4.90 Å². The normalized spacial score (nSPS) is 12.6. The molecule has 0 aliphatic rings. The molecule has 1 aromatic rings. The van der Waals surface area contributed by atoms with E-state index in [1.165, 1.54) is 0 Å². The monoisotopic (exact) mass is 268 g/mol. The molecule has 1 rings (SSSR count). The number of nitrogens with two attached hydrogens (primary N) is 1. The number of ether oxygens (including phenoxy) is 2. The summed E-state index contributed by atoms with van der Waals surface area (Å²) in [5.74, 6) is 0.610.